The molecule has 5 rings (SSSR count). The van der Waals surface area contributed by atoms with Gasteiger partial charge in [-0.2, -0.15) is 0 Å². The zero-order chi connectivity index (χ0) is 19.1. The number of ether oxygens (including phenoxy) is 1. The van der Waals surface area contributed by atoms with Crippen LogP contribution in [0.1, 0.15) is 19.8 Å². The predicted molar refractivity (Wildman–Crippen MR) is 107 cm³/mol. The zero-order valence-corrected chi connectivity index (χ0v) is 15.7. The summed E-state index contributed by atoms with van der Waals surface area (Å²) in [6.07, 6.45) is 5.99. The lowest BCUT2D eigenvalue weighted by molar-refractivity contribution is 0.281. The summed E-state index contributed by atoms with van der Waals surface area (Å²) in [6, 6.07) is 7.67. The van der Waals surface area contributed by atoms with Gasteiger partial charge in [0.25, 0.3) is 0 Å². The number of hydrogen-bond acceptors (Lipinski definition) is 7. The number of hydrogen-bond donors (Lipinski definition) is 1. The van der Waals surface area contributed by atoms with Crippen molar-refractivity contribution < 1.29 is 9.15 Å². The minimum Gasteiger partial charge on any atom is -0.475 e. The van der Waals surface area contributed by atoms with Crippen molar-refractivity contribution in [1.82, 2.24) is 19.6 Å². The third kappa shape index (κ3) is 2.95. The Morgan fingerprint density at radius 2 is 2.07 bits per heavy atom. The second-order valence-electron chi connectivity index (χ2n) is 7.23. The molecule has 4 aromatic rings. The van der Waals surface area contributed by atoms with Gasteiger partial charge < -0.3 is 19.8 Å². The van der Waals surface area contributed by atoms with E-state index in [1.165, 1.54) is 18.5 Å². The van der Waals surface area contributed by atoms with E-state index in [4.69, 9.17) is 14.9 Å². The molecule has 1 saturated heterocycles. The molecule has 0 radical (unpaired) electrons. The zero-order valence-electron chi connectivity index (χ0n) is 15.7. The molecule has 2 N–H and O–H groups in total. The van der Waals surface area contributed by atoms with Crippen molar-refractivity contribution >= 4 is 22.4 Å². The van der Waals surface area contributed by atoms with Crippen molar-refractivity contribution in [3.8, 4) is 17.3 Å². The highest BCUT2D eigenvalue weighted by atomic mass is 16.5. The van der Waals surface area contributed by atoms with E-state index >= 15 is 0 Å². The molecule has 144 valence electrons. The Hall–Kier alpha value is -3.13. The highest BCUT2D eigenvalue weighted by Gasteiger charge is 2.19. The van der Waals surface area contributed by atoms with Crippen molar-refractivity contribution in [1.29, 1.82) is 0 Å². The number of aromatic nitrogens is 4. The Morgan fingerprint density at radius 3 is 2.89 bits per heavy atom. The van der Waals surface area contributed by atoms with Crippen molar-refractivity contribution in [2.24, 2.45) is 5.73 Å². The largest absolute Gasteiger partial charge is 0.475 e. The Balaban J connectivity index is 1.56. The van der Waals surface area contributed by atoms with Crippen molar-refractivity contribution in [3.05, 3.63) is 36.7 Å². The van der Waals surface area contributed by atoms with Gasteiger partial charge in [-0.05, 0) is 38.0 Å². The van der Waals surface area contributed by atoms with Crippen LogP contribution in [0.15, 0.2) is 41.1 Å². The minimum atomic E-state index is -0.0646. The van der Waals surface area contributed by atoms with Gasteiger partial charge in [-0.25, -0.2) is 14.5 Å². The van der Waals surface area contributed by atoms with Crippen LogP contribution in [0.3, 0.4) is 0 Å². The Labute approximate surface area is 161 Å². The standard InChI is InChI=1S/C20H22N6O2/c1-13(21)12-27-19-5-4-18-23-11-16(26(18)24-19)17-10-14-15(25-8-2-3-9-25)6-7-22-20(14)28-17/h4-7,10-11,13H,2-3,8-9,12,21H2,1H3/t13-/m0/s1. The molecule has 0 bridgehead atoms. The molecule has 0 aromatic carbocycles. The van der Waals surface area contributed by atoms with E-state index in [2.05, 4.69) is 26.0 Å². The van der Waals surface area contributed by atoms with Gasteiger partial charge in [-0.1, -0.05) is 0 Å². The maximum Gasteiger partial charge on any atom is 0.231 e. The average Bonchev–Trinajstić information content (AvgIpc) is 3.43. The summed E-state index contributed by atoms with van der Waals surface area (Å²) in [5, 5.41) is 5.55. The summed E-state index contributed by atoms with van der Waals surface area (Å²) in [7, 11) is 0. The van der Waals surface area contributed by atoms with Crippen LogP contribution < -0.4 is 15.4 Å². The first-order chi connectivity index (χ1) is 13.7. The van der Waals surface area contributed by atoms with E-state index in [0.717, 1.165) is 29.8 Å². The van der Waals surface area contributed by atoms with E-state index in [0.29, 0.717) is 24.0 Å². The SMILES string of the molecule is C[C@H](N)COc1ccc2ncc(-c3cc4c(N5CCCC5)ccnc4o3)n2n1. The van der Waals surface area contributed by atoms with E-state index < -0.39 is 0 Å². The molecule has 0 amide bonds. The first-order valence-corrected chi connectivity index (χ1v) is 9.56. The number of furan rings is 1. The van der Waals surface area contributed by atoms with Crippen LogP contribution in [0.4, 0.5) is 5.69 Å². The molecule has 0 unspecified atom stereocenters. The molecule has 1 fully saturated rings. The third-order valence-corrected chi connectivity index (χ3v) is 4.94. The minimum absolute atomic E-state index is 0.0646. The summed E-state index contributed by atoms with van der Waals surface area (Å²) in [6.45, 7) is 4.42. The maximum absolute atomic E-state index is 6.06. The topological polar surface area (TPSA) is 94.7 Å². The first-order valence-electron chi connectivity index (χ1n) is 9.56. The fourth-order valence-corrected chi connectivity index (χ4v) is 3.60. The Kier molecular flexibility index (Phi) is 4.12. The highest BCUT2D eigenvalue weighted by molar-refractivity contribution is 5.91. The Morgan fingerprint density at radius 1 is 1.21 bits per heavy atom. The fourth-order valence-electron chi connectivity index (χ4n) is 3.60. The molecular weight excluding hydrogens is 356 g/mol. The Bertz CT molecular complexity index is 1130. The van der Waals surface area contributed by atoms with Crippen molar-refractivity contribution in [3.63, 3.8) is 0 Å². The van der Waals surface area contributed by atoms with Gasteiger partial charge in [0, 0.05) is 31.4 Å². The summed E-state index contributed by atoms with van der Waals surface area (Å²) in [5.74, 6) is 1.18. The van der Waals surface area contributed by atoms with Crippen LogP contribution in [0.2, 0.25) is 0 Å². The highest BCUT2D eigenvalue weighted by Crippen LogP contribution is 2.34. The number of anilines is 1. The van der Waals surface area contributed by atoms with Crippen LogP contribution in [0, 0.1) is 0 Å². The van der Waals surface area contributed by atoms with Crippen LogP contribution in [0.5, 0.6) is 5.88 Å². The normalized spacial score (nSPS) is 15.6. The summed E-state index contributed by atoms with van der Waals surface area (Å²) >= 11 is 0. The lowest BCUT2D eigenvalue weighted by Gasteiger charge is -2.17. The second-order valence-corrected chi connectivity index (χ2v) is 7.23. The smallest absolute Gasteiger partial charge is 0.231 e. The molecule has 0 saturated carbocycles. The lowest BCUT2D eigenvalue weighted by atomic mass is 10.2. The quantitative estimate of drug-likeness (QED) is 0.570. The van der Waals surface area contributed by atoms with Gasteiger partial charge in [0.05, 0.1) is 17.3 Å². The fraction of sp³-hybridized carbons (Fsp3) is 0.350. The van der Waals surface area contributed by atoms with Crippen molar-refractivity contribution in [2.45, 2.75) is 25.8 Å². The van der Waals surface area contributed by atoms with E-state index in [1.807, 2.05) is 19.1 Å². The van der Waals surface area contributed by atoms with Gasteiger partial charge >= 0.3 is 0 Å². The molecule has 4 aromatic heterocycles. The predicted octanol–water partition coefficient (Wildman–Crippen LogP) is 2.86. The van der Waals surface area contributed by atoms with Crippen LogP contribution in [-0.2, 0) is 0 Å². The average molecular weight is 378 g/mol. The van der Waals surface area contributed by atoms with Gasteiger partial charge in [0.15, 0.2) is 11.4 Å². The molecule has 1 aliphatic rings. The van der Waals surface area contributed by atoms with Crippen molar-refractivity contribution in [2.75, 3.05) is 24.6 Å². The molecule has 8 nitrogen and oxygen atoms in total. The third-order valence-electron chi connectivity index (χ3n) is 4.94. The number of nitrogens with zero attached hydrogens (tertiary/aromatic N) is 5. The maximum atomic E-state index is 6.06. The molecule has 8 heteroatoms. The van der Waals surface area contributed by atoms with E-state index in [9.17, 15) is 0 Å². The number of pyridine rings is 1. The number of nitrogens with two attached hydrogens (primary N) is 1. The van der Waals surface area contributed by atoms with Gasteiger partial charge in [0.1, 0.15) is 12.3 Å². The molecule has 0 aliphatic carbocycles. The van der Waals surface area contributed by atoms with Crippen LogP contribution in [0.25, 0.3) is 28.2 Å². The monoisotopic (exact) mass is 378 g/mol. The number of rotatable bonds is 5. The summed E-state index contributed by atoms with van der Waals surface area (Å²) in [4.78, 5) is 11.2. The molecule has 0 spiro atoms. The van der Waals surface area contributed by atoms with Gasteiger partial charge in [-0.15, -0.1) is 5.10 Å². The molecular formula is C20H22N6O2. The molecule has 1 aliphatic heterocycles. The van der Waals surface area contributed by atoms with E-state index in [-0.39, 0.29) is 6.04 Å². The van der Waals surface area contributed by atoms with Gasteiger partial charge in [-0.3, -0.25) is 0 Å². The molecule has 28 heavy (non-hydrogen) atoms. The summed E-state index contributed by atoms with van der Waals surface area (Å²) in [5.41, 5.74) is 9.03. The summed E-state index contributed by atoms with van der Waals surface area (Å²) < 4.78 is 13.4. The second kappa shape index (κ2) is 6.79. The lowest BCUT2D eigenvalue weighted by Crippen LogP contribution is -2.24. The number of imidazole rings is 1. The molecule has 1 atom stereocenters. The number of fused-ring (bicyclic) bond motifs is 2. The van der Waals surface area contributed by atoms with Gasteiger partial charge in [0.2, 0.25) is 11.6 Å². The molecule has 5 heterocycles. The van der Waals surface area contributed by atoms with Crippen LogP contribution >= 0.6 is 0 Å². The first kappa shape index (κ1) is 17.0. The van der Waals surface area contributed by atoms with Crippen LogP contribution in [-0.4, -0.2) is 45.3 Å². The van der Waals surface area contributed by atoms with E-state index in [1.54, 1.807) is 23.0 Å².